The lowest BCUT2D eigenvalue weighted by molar-refractivity contribution is -0.117. The highest BCUT2D eigenvalue weighted by atomic mass is 16.5. The molecule has 6 heteroatoms. The van der Waals surface area contributed by atoms with Gasteiger partial charge in [0.1, 0.15) is 16.9 Å². The van der Waals surface area contributed by atoms with Gasteiger partial charge in [0.15, 0.2) is 0 Å². The molecular weight excluding hydrogens is 378 g/mol. The van der Waals surface area contributed by atoms with E-state index in [2.05, 4.69) is 15.2 Å². The molecule has 0 spiro atoms. The first-order valence-corrected chi connectivity index (χ1v) is 10.1. The van der Waals surface area contributed by atoms with Crippen LogP contribution < -0.4 is 10.1 Å². The monoisotopic (exact) mass is 401 g/mol. The van der Waals surface area contributed by atoms with Crippen LogP contribution in [0.4, 0.5) is 5.69 Å². The minimum Gasteiger partial charge on any atom is -0.495 e. The van der Waals surface area contributed by atoms with Crippen molar-refractivity contribution in [3.05, 3.63) is 66.5 Å². The van der Waals surface area contributed by atoms with E-state index in [0.717, 1.165) is 40.3 Å². The molecule has 0 atom stereocenters. The number of anilines is 1. The minimum atomic E-state index is -0.0699. The molecule has 1 saturated carbocycles. The number of hydrogen-bond acceptors (Lipinski definition) is 5. The maximum absolute atomic E-state index is 12.9. The third-order valence-corrected chi connectivity index (χ3v) is 5.49. The molecule has 0 bridgehead atoms. The van der Waals surface area contributed by atoms with Crippen LogP contribution >= 0.6 is 0 Å². The van der Waals surface area contributed by atoms with Crippen molar-refractivity contribution >= 4 is 33.5 Å². The Morgan fingerprint density at radius 1 is 1.17 bits per heavy atom. The normalized spacial score (nSPS) is 13.8. The number of hydrogen-bond donors (Lipinski definition) is 1. The Hall–Kier alpha value is -3.38. The zero-order valence-corrected chi connectivity index (χ0v) is 16.8. The Kier molecular flexibility index (Phi) is 4.85. The van der Waals surface area contributed by atoms with Gasteiger partial charge >= 0.3 is 0 Å². The number of methoxy groups -OCH3 is 1. The van der Waals surface area contributed by atoms with Crippen LogP contribution in [0, 0.1) is 0 Å². The maximum atomic E-state index is 12.9. The van der Waals surface area contributed by atoms with Crippen LogP contribution in [0.15, 0.2) is 65.3 Å². The molecule has 2 aromatic carbocycles. The Balaban J connectivity index is 1.37. The molecule has 2 aromatic heterocycles. The number of amides is 1. The number of carbonyl (C=O) groups is 1. The first-order valence-electron chi connectivity index (χ1n) is 10.1. The van der Waals surface area contributed by atoms with E-state index in [9.17, 15) is 4.79 Å². The van der Waals surface area contributed by atoms with Crippen LogP contribution in [-0.4, -0.2) is 35.5 Å². The molecule has 1 amide bonds. The summed E-state index contributed by atoms with van der Waals surface area (Å²) in [7, 11) is 1.61. The maximum Gasteiger partial charge on any atom is 0.238 e. The number of pyridine rings is 1. The summed E-state index contributed by atoms with van der Waals surface area (Å²) >= 11 is 0. The highest BCUT2D eigenvalue weighted by Crippen LogP contribution is 2.36. The molecule has 0 aliphatic heterocycles. The molecule has 5 rings (SSSR count). The predicted octanol–water partition coefficient (Wildman–Crippen LogP) is 4.59. The highest BCUT2D eigenvalue weighted by Gasteiger charge is 2.30. The summed E-state index contributed by atoms with van der Waals surface area (Å²) in [6.07, 6.45) is 5.87. The number of para-hydroxylation sites is 1. The largest absolute Gasteiger partial charge is 0.495 e. The van der Waals surface area contributed by atoms with Gasteiger partial charge < -0.3 is 14.5 Å². The molecule has 0 radical (unpaired) electrons. The van der Waals surface area contributed by atoms with Gasteiger partial charge in [-0.15, -0.1) is 0 Å². The number of carbonyl (C=O) groups excluding carboxylic acids is 1. The van der Waals surface area contributed by atoms with E-state index >= 15 is 0 Å². The summed E-state index contributed by atoms with van der Waals surface area (Å²) in [5, 5.41) is 5.01. The van der Waals surface area contributed by atoms with Gasteiger partial charge in [-0.3, -0.25) is 14.7 Å². The zero-order valence-electron chi connectivity index (χ0n) is 16.8. The summed E-state index contributed by atoms with van der Waals surface area (Å²) in [6.45, 7) is 1.03. The number of ether oxygens (including phenoxy) is 1. The number of rotatable bonds is 7. The fourth-order valence-corrected chi connectivity index (χ4v) is 3.87. The summed E-state index contributed by atoms with van der Waals surface area (Å²) < 4.78 is 11.5. The van der Waals surface area contributed by atoms with Crippen LogP contribution in [0.3, 0.4) is 0 Å². The zero-order chi connectivity index (χ0) is 20.5. The summed E-state index contributed by atoms with van der Waals surface area (Å²) in [5.74, 6) is 0.548. The first kappa shape index (κ1) is 18.6. The molecule has 1 fully saturated rings. The fraction of sp³-hybridized carbons (Fsp3) is 0.250. The van der Waals surface area contributed by atoms with Crippen molar-refractivity contribution in [1.29, 1.82) is 0 Å². The minimum absolute atomic E-state index is 0.0699. The number of fused-ring (bicyclic) bond motifs is 3. The van der Waals surface area contributed by atoms with Crippen LogP contribution in [0.1, 0.15) is 18.4 Å². The number of nitrogens with one attached hydrogen (secondary N) is 1. The van der Waals surface area contributed by atoms with Gasteiger partial charge in [0, 0.05) is 41.8 Å². The molecule has 1 aliphatic carbocycles. The van der Waals surface area contributed by atoms with Crippen LogP contribution in [-0.2, 0) is 11.3 Å². The number of aromatic nitrogens is 1. The Morgan fingerprint density at radius 3 is 2.80 bits per heavy atom. The summed E-state index contributed by atoms with van der Waals surface area (Å²) in [4.78, 5) is 19.3. The smallest absolute Gasteiger partial charge is 0.238 e. The third kappa shape index (κ3) is 3.74. The van der Waals surface area contributed by atoms with Crippen LogP contribution in [0.2, 0.25) is 0 Å². The number of nitrogens with zero attached hydrogens (tertiary/aromatic N) is 2. The molecule has 0 unspecified atom stereocenters. The van der Waals surface area contributed by atoms with E-state index in [4.69, 9.17) is 9.15 Å². The van der Waals surface area contributed by atoms with Gasteiger partial charge in [-0.05, 0) is 36.6 Å². The Labute approximate surface area is 174 Å². The van der Waals surface area contributed by atoms with Crippen molar-refractivity contribution in [2.75, 3.05) is 19.0 Å². The van der Waals surface area contributed by atoms with Crippen molar-refractivity contribution in [3.8, 4) is 5.75 Å². The van der Waals surface area contributed by atoms with Crippen LogP contribution in [0.25, 0.3) is 21.9 Å². The van der Waals surface area contributed by atoms with Gasteiger partial charge in [0.25, 0.3) is 0 Å². The summed E-state index contributed by atoms with van der Waals surface area (Å²) in [6, 6.07) is 16.1. The summed E-state index contributed by atoms with van der Waals surface area (Å²) in [5.41, 5.74) is 3.26. The molecule has 1 aliphatic rings. The van der Waals surface area contributed by atoms with Crippen LogP contribution in [0.5, 0.6) is 5.75 Å². The molecule has 6 nitrogen and oxygen atoms in total. The SMILES string of the molecule is COc1cc2c(cc1NC(=O)CN(Cc1cccnc1)C1CC1)oc1ccccc12. The Morgan fingerprint density at radius 2 is 2.03 bits per heavy atom. The average Bonchev–Trinajstić information content (AvgIpc) is 3.55. The average molecular weight is 401 g/mol. The van der Waals surface area contributed by atoms with Gasteiger partial charge in [-0.2, -0.15) is 0 Å². The second kappa shape index (κ2) is 7.80. The van der Waals surface area contributed by atoms with Crippen molar-refractivity contribution in [2.24, 2.45) is 0 Å². The van der Waals surface area contributed by atoms with E-state index in [1.54, 1.807) is 13.3 Å². The molecule has 1 N–H and O–H groups in total. The van der Waals surface area contributed by atoms with E-state index in [1.165, 1.54) is 0 Å². The van der Waals surface area contributed by atoms with Gasteiger partial charge in [0.05, 0.1) is 19.3 Å². The first-order chi connectivity index (χ1) is 14.7. The molecular formula is C24H23N3O3. The quantitative estimate of drug-likeness (QED) is 0.490. The topological polar surface area (TPSA) is 67.6 Å². The lowest BCUT2D eigenvalue weighted by Crippen LogP contribution is -2.34. The standard InChI is InChI=1S/C24H23N3O3/c1-29-23-11-19-18-6-2-3-7-21(18)30-22(19)12-20(23)26-24(28)15-27(17-8-9-17)14-16-5-4-10-25-13-16/h2-7,10-13,17H,8-9,14-15H2,1H3,(H,26,28). The van der Waals surface area contributed by atoms with Gasteiger partial charge in [-0.1, -0.05) is 24.3 Å². The number of furan rings is 1. The molecule has 152 valence electrons. The molecule has 2 heterocycles. The Bertz CT molecular complexity index is 1200. The highest BCUT2D eigenvalue weighted by molar-refractivity contribution is 6.07. The fourth-order valence-electron chi connectivity index (χ4n) is 3.87. The van der Waals surface area contributed by atoms with E-state index < -0.39 is 0 Å². The lowest BCUT2D eigenvalue weighted by Gasteiger charge is -2.21. The predicted molar refractivity (Wildman–Crippen MR) is 117 cm³/mol. The van der Waals surface area contributed by atoms with E-state index in [1.807, 2.05) is 54.7 Å². The molecule has 30 heavy (non-hydrogen) atoms. The second-order valence-corrected chi connectivity index (χ2v) is 7.69. The van der Waals surface area contributed by atoms with Crippen molar-refractivity contribution in [3.63, 3.8) is 0 Å². The van der Waals surface area contributed by atoms with Crippen molar-refractivity contribution in [2.45, 2.75) is 25.4 Å². The molecule has 4 aromatic rings. The lowest BCUT2D eigenvalue weighted by atomic mass is 10.1. The van der Waals surface area contributed by atoms with E-state index in [-0.39, 0.29) is 5.91 Å². The molecule has 0 saturated heterocycles. The van der Waals surface area contributed by atoms with Gasteiger partial charge in [-0.25, -0.2) is 0 Å². The third-order valence-electron chi connectivity index (χ3n) is 5.49. The second-order valence-electron chi connectivity index (χ2n) is 7.69. The number of benzene rings is 2. The van der Waals surface area contributed by atoms with E-state index in [0.29, 0.717) is 30.6 Å². The van der Waals surface area contributed by atoms with Crippen molar-refractivity contribution in [1.82, 2.24) is 9.88 Å². The van der Waals surface area contributed by atoms with Crippen molar-refractivity contribution < 1.29 is 13.9 Å². The van der Waals surface area contributed by atoms with Gasteiger partial charge in [0.2, 0.25) is 5.91 Å².